The van der Waals surface area contributed by atoms with Crippen molar-refractivity contribution < 1.29 is 27.4 Å². The molecule has 0 radical (unpaired) electrons. The molecule has 0 saturated carbocycles. The maximum Gasteiger partial charge on any atom is 0.416 e. The number of anilines is 1. The van der Waals surface area contributed by atoms with Crippen LogP contribution < -0.4 is 5.32 Å². The van der Waals surface area contributed by atoms with Crippen molar-refractivity contribution in [3.63, 3.8) is 0 Å². The van der Waals surface area contributed by atoms with Gasteiger partial charge < -0.3 is 14.8 Å². The highest BCUT2D eigenvalue weighted by Crippen LogP contribution is 2.30. The van der Waals surface area contributed by atoms with E-state index in [4.69, 9.17) is 9.47 Å². The van der Waals surface area contributed by atoms with Crippen molar-refractivity contribution in [3.8, 4) is 0 Å². The average Bonchev–Trinajstić information content (AvgIpc) is 2.61. The molecule has 140 valence electrons. The number of carbonyl (C=O) groups excluding carboxylic acids is 1. The second-order valence-electron chi connectivity index (χ2n) is 5.22. The largest absolute Gasteiger partial charge is 0.416 e. The van der Waals surface area contributed by atoms with Crippen LogP contribution in [0.25, 0.3) is 0 Å². The summed E-state index contributed by atoms with van der Waals surface area (Å²) in [6, 6.07) is 9.11. The summed E-state index contributed by atoms with van der Waals surface area (Å²) in [5, 5.41) is 2.42. The van der Waals surface area contributed by atoms with Crippen LogP contribution in [0.4, 0.5) is 18.9 Å². The number of hydrogen-bond donors (Lipinski definition) is 1. The first kappa shape index (κ1) is 19.9. The van der Waals surface area contributed by atoms with E-state index in [2.05, 4.69) is 10.3 Å². The quantitative estimate of drug-likeness (QED) is 0.735. The molecule has 2 rings (SSSR count). The van der Waals surface area contributed by atoms with Crippen LogP contribution in [-0.4, -0.2) is 24.1 Å². The Kier molecular flexibility index (Phi) is 6.70. The molecule has 8 heteroatoms. The summed E-state index contributed by atoms with van der Waals surface area (Å²) < 4.78 is 49.2. The predicted octanol–water partition coefficient (Wildman–Crippen LogP) is 4.42. The van der Waals surface area contributed by atoms with Gasteiger partial charge in [-0.15, -0.1) is 0 Å². The van der Waals surface area contributed by atoms with Crippen molar-refractivity contribution in [1.29, 1.82) is 0 Å². The SMILES string of the molecule is CCOC(OCC)c1cccc(C(=O)Nc2cccc(C(F)(F)F)c2)n1. The summed E-state index contributed by atoms with van der Waals surface area (Å²) in [5.74, 6) is -0.627. The maximum atomic E-state index is 12.8. The summed E-state index contributed by atoms with van der Waals surface area (Å²) >= 11 is 0. The van der Waals surface area contributed by atoms with Crippen LogP contribution in [0.15, 0.2) is 42.5 Å². The standard InChI is InChI=1S/C18H19F3N2O3/c1-3-25-17(26-4-2)15-10-6-9-14(23-15)16(24)22-13-8-5-7-12(11-13)18(19,20)21/h5-11,17H,3-4H2,1-2H3,(H,22,24). The van der Waals surface area contributed by atoms with Crippen LogP contribution in [0.3, 0.4) is 0 Å². The number of halogens is 3. The highest BCUT2D eigenvalue weighted by molar-refractivity contribution is 6.02. The third-order valence-corrected chi connectivity index (χ3v) is 3.33. The normalized spacial score (nSPS) is 11.6. The fraction of sp³-hybridized carbons (Fsp3) is 0.333. The van der Waals surface area contributed by atoms with Gasteiger partial charge in [-0.3, -0.25) is 4.79 Å². The van der Waals surface area contributed by atoms with Gasteiger partial charge in [0.1, 0.15) is 5.69 Å². The molecule has 0 unspecified atom stereocenters. The molecule has 1 aromatic heterocycles. The van der Waals surface area contributed by atoms with E-state index in [0.29, 0.717) is 18.9 Å². The van der Waals surface area contributed by atoms with Gasteiger partial charge in [0.05, 0.1) is 11.3 Å². The number of nitrogens with one attached hydrogen (secondary N) is 1. The molecule has 0 aliphatic heterocycles. The van der Waals surface area contributed by atoms with Gasteiger partial charge in [-0.1, -0.05) is 12.1 Å². The Labute approximate surface area is 149 Å². The third kappa shape index (κ3) is 5.27. The van der Waals surface area contributed by atoms with E-state index < -0.39 is 23.9 Å². The highest BCUT2D eigenvalue weighted by Gasteiger charge is 2.30. The summed E-state index contributed by atoms with van der Waals surface area (Å²) in [6.07, 6.45) is -5.20. The number of alkyl halides is 3. The number of pyridine rings is 1. The molecule has 1 heterocycles. The van der Waals surface area contributed by atoms with E-state index in [1.807, 2.05) is 0 Å². The number of hydrogen-bond acceptors (Lipinski definition) is 4. The molecule has 0 spiro atoms. The number of amides is 1. The van der Waals surface area contributed by atoms with Gasteiger partial charge in [0.25, 0.3) is 5.91 Å². The van der Waals surface area contributed by atoms with Crippen molar-refractivity contribution >= 4 is 11.6 Å². The highest BCUT2D eigenvalue weighted by atomic mass is 19.4. The van der Waals surface area contributed by atoms with Gasteiger partial charge in [-0.25, -0.2) is 4.98 Å². The minimum Gasteiger partial charge on any atom is -0.347 e. The number of benzene rings is 1. The molecule has 2 aromatic rings. The number of rotatable bonds is 7. The molecular formula is C18H19F3N2O3. The van der Waals surface area contributed by atoms with Crippen molar-refractivity contribution in [2.45, 2.75) is 26.3 Å². The Bertz CT molecular complexity index is 744. The molecule has 1 amide bonds. The summed E-state index contributed by atoms with van der Waals surface area (Å²) in [4.78, 5) is 16.5. The van der Waals surface area contributed by atoms with Crippen LogP contribution >= 0.6 is 0 Å². The molecule has 1 aromatic carbocycles. The topological polar surface area (TPSA) is 60.5 Å². The van der Waals surface area contributed by atoms with Gasteiger partial charge in [0.15, 0.2) is 0 Å². The van der Waals surface area contributed by atoms with E-state index in [0.717, 1.165) is 12.1 Å². The summed E-state index contributed by atoms with van der Waals surface area (Å²) in [5.41, 5.74) is -0.359. The van der Waals surface area contributed by atoms with Crippen LogP contribution in [0.2, 0.25) is 0 Å². The number of ether oxygens (including phenoxy) is 2. The van der Waals surface area contributed by atoms with Gasteiger partial charge >= 0.3 is 6.18 Å². The van der Waals surface area contributed by atoms with Crippen LogP contribution in [0.1, 0.15) is 41.9 Å². The number of aromatic nitrogens is 1. The molecular weight excluding hydrogens is 349 g/mol. The van der Waals surface area contributed by atoms with Gasteiger partial charge in [-0.05, 0) is 44.2 Å². The number of carbonyl (C=O) groups is 1. The Balaban J connectivity index is 2.19. The minimum absolute atomic E-state index is 0.0307. The van der Waals surface area contributed by atoms with Gasteiger partial charge in [0, 0.05) is 18.9 Å². The van der Waals surface area contributed by atoms with Gasteiger partial charge in [-0.2, -0.15) is 13.2 Å². The van der Waals surface area contributed by atoms with Gasteiger partial charge in [0.2, 0.25) is 6.29 Å². The Morgan fingerprint density at radius 3 is 2.38 bits per heavy atom. The molecule has 26 heavy (non-hydrogen) atoms. The average molecular weight is 368 g/mol. The van der Waals surface area contributed by atoms with E-state index in [1.54, 1.807) is 26.0 Å². The molecule has 0 saturated heterocycles. The lowest BCUT2D eigenvalue weighted by Gasteiger charge is -2.16. The van der Waals surface area contributed by atoms with Crippen LogP contribution in [-0.2, 0) is 15.7 Å². The second kappa shape index (κ2) is 8.77. The van der Waals surface area contributed by atoms with E-state index in [1.165, 1.54) is 18.2 Å². The number of nitrogens with zero attached hydrogens (tertiary/aromatic N) is 1. The molecule has 5 nitrogen and oxygen atoms in total. The zero-order chi connectivity index (χ0) is 19.2. The second-order valence-corrected chi connectivity index (χ2v) is 5.22. The first-order valence-corrected chi connectivity index (χ1v) is 8.04. The first-order valence-electron chi connectivity index (χ1n) is 8.04. The van der Waals surface area contributed by atoms with E-state index in [9.17, 15) is 18.0 Å². The molecule has 0 bridgehead atoms. The lowest BCUT2D eigenvalue weighted by molar-refractivity contribution is -0.142. The fourth-order valence-corrected chi connectivity index (χ4v) is 2.20. The zero-order valence-electron chi connectivity index (χ0n) is 14.3. The lowest BCUT2D eigenvalue weighted by Crippen LogP contribution is -2.17. The third-order valence-electron chi connectivity index (χ3n) is 3.33. The summed E-state index contributed by atoms with van der Waals surface area (Å²) in [6.45, 7) is 4.40. The molecule has 0 aliphatic carbocycles. The maximum absolute atomic E-state index is 12.8. The lowest BCUT2D eigenvalue weighted by atomic mass is 10.2. The molecule has 1 N–H and O–H groups in total. The fourth-order valence-electron chi connectivity index (χ4n) is 2.20. The van der Waals surface area contributed by atoms with Crippen molar-refractivity contribution in [2.24, 2.45) is 0 Å². The Morgan fingerprint density at radius 2 is 1.77 bits per heavy atom. The van der Waals surface area contributed by atoms with Crippen molar-refractivity contribution in [2.75, 3.05) is 18.5 Å². The molecule has 0 atom stereocenters. The molecule has 0 aliphatic rings. The molecule has 0 fully saturated rings. The van der Waals surface area contributed by atoms with Crippen LogP contribution in [0, 0.1) is 0 Å². The van der Waals surface area contributed by atoms with E-state index >= 15 is 0 Å². The Morgan fingerprint density at radius 1 is 1.12 bits per heavy atom. The van der Waals surface area contributed by atoms with Crippen molar-refractivity contribution in [3.05, 3.63) is 59.4 Å². The summed E-state index contributed by atoms with van der Waals surface area (Å²) in [7, 11) is 0. The smallest absolute Gasteiger partial charge is 0.347 e. The van der Waals surface area contributed by atoms with E-state index in [-0.39, 0.29) is 11.4 Å². The minimum atomic E-state index is -4.49. The van der Waals surface area contributed by atoms with Crippen LogP contribution in [0.5, 0.6) is 0 Å². The first-order chi connectivity index (χ1) is 12.3. The zero-order valence-corrected chi connectivity index (χ0v) is 14.3. The van der Waals surface area contributed by atoms with Crippen molar-refractivity contribution in [1.82, 2.24) is 4.98 Å². The predicted molar refractivity (Wildman–Crippen MR) is 89.6 cm³/mol. The Hall–Kier alpha value is -2.45. The monoisotopic (exact) mass is 368 g/mol.